The second-order valence-corrected chi connectivity index (χ2v) is 9.27. The van der Waals surface area contributed by atoms with Crippen LogP contribution in [0, 0.1) is 0 Å². The molecule has 2 aromatic rings. The Bertz CT molecular complexity index is 649. The Morgan fingerprint density at radius 1 is 1.47 bits per heavy atom. The van der Waals surface area contributed by atoms with E-state index >= 15 is 0 Å². The molecule has 2 rings (SSSR count). The normalized spacial score (nSPS) is 11.9. The van der Waals surface area contributed by atoms with E-state index in [-0.39, 0.29) is 11.3 Å². The zero-order valence-corrected chi connectivity index (χ0v) is 10.9. The monoisotopic (exact) mass is 289 g/mol. The van der Waals surface area contributed by atoms with Crippen LogP contribution in [-0.4, -0.2) is 25.2 Å². The zero-order valence-electron chi connectivity index (χ0n) is 8.40. The van der Waals surface area contributed by atoms with Crippen molar-refractivity contribution >= 4 is 39.8 Å². The van der Waals surface area contributed by atoms with Crippen LogP contribution in [0.25, 0.3) is 10.9 Å². The lowest BCUT2D eigenvalue weighted by molar-refractivity contribution is 0.502. The van der Waals surface area contributed by atoms with E-state index < -0.39 is 5.69 Å². The number of fused-ring (bicyclic) bond motifs is 1. The van der Waals surface area contributed by atoms with Gasteiger partial charge in [-0.15, -0.1) is 5.10 Å². The topological polar surface area (TPSA) is 99.1 Å². The number of aromatic amines is 1. The van der Waals surface area contributed by atoms with Crippen molar-refractivity contribution in [2.45, 2.75) is 5.75 Å². The minimum absolute atomic E-state index is 0.246. The number of H-pyrrole nitrogens is 1. The molecular formula is C8H8N3O3PS2. The Morgan fingerprint density at radius 3 is 2.94 bits per heavy atom. The Kier molecular flexibility index (Phi) is 3.60. The molecule has 0 fully saturated rings. The fourth-order valence-corrected chi connectivity index (χ4v) is 3.33. The lowest BCUT2D eigenvalue weighted by Crippen LogP contribution is -2.11. The highest BCUT2D eigenvalue weighted by molar-refractivity contribution is 8.67. The molecule has 1 aromatic heterocycles. The summed E-state index contributed by atoms with van der Waals surface area (Å²) in [4.78, 5) is 29.9. The van der Waals surface area contributed by atoms with E-state index in [4.69, 9.17) is 9.79 Å². The predicted octanol–water partition coefficient (Wildman–Crippen LogP) is 0.760. The van der Waals surface area contributed by atoms with Crippen LogP contribution in [0.15, 0.2) is 23.0 Å². The van der Waals surface area contributed by atoms with Gasteiger partial charge in [-0.2, -0.15) is 0 Å². The molecule has 17 heavy (non-hydrogen) atoms. The highest BCUT2D eigenvalue weighted by Gasteiger charge is 2.12. The highest BCUT2D eigenvalue weighted by atomic mass is 32.9. The van der Waals surface area contributed by atoms with Crippen molar-refractivity contribution in [3.63, 3.8) is 0 Å². The molecule has 0 unspecified atom stereocenters. The minimum Gasteiger partial charge on any atom is -0.338 e. The summed E-state index contributed by atoms with van der Waals surface area (Å²) in [7, 11) is 0. The van der Waals surface area contributed by atoms with Gasteiger partial charge in [0.2, 0.25) is 5.69 Å². The summed E-state index contributed by atoms with van der Waals surface area (Å²) in [6, 6.07) is 5.11. The SMILES string of the molecule is O=c1[nH]nnc2cccc(CSP(O)(O)=S)c12. The van der Waals surface area contributed by atoms with Crippen molar-refractivity contribution in [3.8, 4) is 0 Å². The third kappa shape index (κ3) is 3.11. The average molecular weight is 289 g/mol. The quantitative estimate of drug-likeness (QED) is 0.717. The number of hydrogen-bond acceptors (Lipinski definition) is 5. The van der Waals surface area contributed by atoms with Crippen LogP contribution in [0.5, 0.6) is 0 Å². The molecule has 0 saturated heterocycles. The first kappa shape index (κ1) is 12.7. The van der Waals surface area contributed by atoms with Crippen LogP contribution in [0.1, 0.15) is 5.56 Å². The van der Waals surface area contributed by atoms with Crippen LogP contribution < -0.4 is 5.56 Å². The fourth-order valence-electron chi connectivity index (χ4n) is 1.39. The smallest absolute Gasteiger partial charge is 0.275 e. The van der Waals surface area contributed by atoms with Crippen molar-refractivity contribution in [3.05, 3.63) is 34.1 Å². The minimum atomic E-state index is -3.32. The third-order valence-electron chi connectivity index (χ3n) is 2.05. The Hall–Kier alpha value is -0.790. The lowest BCUT2D eigenvalue weighted by atomic mass is 10.1. The molecule has 6 nitrogen and oxygen atoms in total. The second-order valence-electron chi connectivity index (χ2n) is 3.22. The number of nitrogens with one attached hydrogen (secondary N) is 1. The van der Waals surface area contributed by atoms with E-state index in [1.165, 1.54) is 0 Å². The summed E-state index contributed by atoms with van der Waals surface area (Å²) in [6.45, 7) is 0. The Morgan fingerprint density at radius 2 is 2.24 bits per heavy atom. The summed E-state index contributed by atoms with van der Waals surface area (Å²) in [5, 5.41) is 9.89. The van der Waals surface area contributed by atoms with Gasteiger partial charge in [0.05, 0.1) is 5.39 Å². The van der Waals surface area contributed by atoms with Crippen molar-refractivity contribution in [2.75, 3.05) is 0 Å². The average Bonchev–Trinajstić information content (AvgIpc) is 2.25. The number of benzene rings is 1. The van der Waals surface area contributed by atoms with Crippen LogP contribution in [0.4, 0.5) is 0 Å². The van der Waals surface area contributed by atoms with E-state index in [1.54, 1.807) is 18.2 Å². The zero-order chi connectivity index (χ0) is 12.5. The van der Waals surface area contributed by atoms with Crippen molar-refractivity contribution in [2.24, 2.45) is 0 Å². The van der Waals surface area contributed by atoms with Gasteiger partial charge in [0.1, 0.15) is 5.52 Å². The first-order valence-electron chi connectivity index (χ1n) is 4.50. The molecule has 0 amide bonds. The summed E-state index contributed by atoms with van der Waals surface area (Å²) < 4.78 is 0. The van der Waals surface area contributed by atoms with Crippen LogP contribution in [-0.2, 0) is 17.6 Å². The van der Waals surface area contributed by atoms with Crippen molar-refractivity contribution < 1.29 is 9.79 Å². The van der Waals surface area contributed by atoms with Crippen LogP contribution in [0.2, 0.25) is 0 Å². The van der Waals surface area contributed by atoms with Gasteiger partial charge >= 0.3 is 0 Å². The molecule has 0 aliphatic carbocycles. The molecule has 0 aliphatic rings. The van der Waals surface area contributed by atoms with Gasteiger partial charge in [-0.25, -0.2) is 5.10 Å². The van der Waals surface area contributed by atoms with Gasteiger partial charge in [0.25, 0.3) is 5.56 Å². The molecule has 0 radical (unpaired) electrons. The van der Waals surface area contributed by atoms with Crippen LogP contribution in [0.3, 0.4) is 0 Å². The maximum absolute atomic E-state index is 11.6. The van der Waals surface area contributed by atoms with Gasteiger partial charge in [-0.3, -0.25) is 4.79 Å². The molecular weight excluding hydrogens is 281 g/mol. The summed E-state index contributed by atoms with van der Waals surface area (Å²) in [5.41, 5.74) is -2.55. The molecule has 0 bridgehead atoms. The standard InChI is InChI=1S/C8H8N3O3PS2/c12-8-7-5(4-17-15(13,14)16)2-1-3-6(7)9-11-10-8/h1-3H,4H2,(H,9,10,12)(H2,13,14,16). The van der Waals surface area contributed by atoms with Crippen molar-refractivity contribution in [1.82, 2.24) is 15.4 Å². The summed E-state index contributed by atoms with van der Waals surface area (Å²) >= 11 is 5.36. The molecule has 0 saturated carbocycles. The van der Waals surface area contributed by atoms with Gasteiger partial charge < -0.3 is 9.79 Å². The van der Waals surface area contributed by atoms with E-state index in [1.807, 2.05) is 0 Å². The number of aromatic nitrogens is 3. The van der Waals surface area contributed by atoms with Crippen molar-refractivity contribution in [1.29, 1.82) is 0 Å². The highest BCUT2D eigenvalue weighted by Crippen LogP contribution is 2.52. The second kappa shape index (κ2) is 4.83. The molecule has 0 aliphatic heterocycles. The number of nitrogens with zero attached hydrogens (tertiary/aromatic N) is 2. The largest absolute Gasteiger partial charge is 0.338 e. The maximum Gasteiger partial charge on any atom is 0.275 e. The summed E-state index contributed by atoms with van der Waals surface area (Å²) in [6.07, 6.45) is 0. The molecule has 90 valence electrons. The fraction of sp³-hybridized carbons (Fsp3) is 0.125. The third-order valence-corrected chi connectivity index (χ3v) is 5.17. The Balaban J connectivity index is 2.48. The Labute approximate surface area is 105 Å². The van der Waals surface area contributed by atoms with Crippen LogP contribution >= 0.6 is 17.1 Å². The summed E-state index contributed by atoms with van der Waals surface area (Å²) in [5.74, 6) is 0.246. The van der Waals surface area contributed by atoms with Gasteiger partial charge in [-0.1, -0.05) is 28.7 Å². The van der Waals surface area contributed by atoms with E-state index in [9.17, 15) is 4.79 Å². The first-order valence-corrected chi connectivity index (χ1v) is 8.80. The van der Waals surface area contributed by atoms with Gasteiger partial charge in [0.15, 0.2) is 0 Å². The molecule has 1 heterocycles. The first-order chi connectivity index (χ1) is 7.97. The van der Waals surface area contributed by atoms with E-state index in [0.29, 0.717) is 16.5 Å². The molecule has 9 heteroatoms. The molecule has 0 atom stereocenters. The maximum atomic E-state index is 11.6. The molecule has 3 N–H and O–H groups in total. The number of hydrogen-bond donors (Lipinski definition) is 3. The molecule has 1 aromatic carbocycles. The van der Waals surface area contributed by atoms with E-state index in [2.05, 4.69) is 27.2 Å². The van der Waals surface area contributed by atoms with Gasteiger partial charge in [-0.05, 0) is 23.4 Å². The predicted molar refractivity (Wildman–Crippen MR) is 70.2 cm³/mol. The van der Waals surface area contributed by atoms with E-state index in [0.717, 1.165) is 11.4 Å². The lowest BCUT2D eigenvalue weighted by Gasteiger charge is -2.07. The number of rotatable bonds is 3. The van der Waals surface area contributed by atoms with Gasteiger partial charge in [0, 0.05) is 5.75 Å². The molecule has 0 spiro atoms.